The molecule has 1 aliphatic heterocycles. The number of nitrogens with zero attached hydrogens (tertiary/aromatic N) is 1. The predicted molar refractivity (Wildman–Crippen MR) is 112 cm³/mol. The number of carbonyl (C=O) groups is 1. The highest BCUT2D eigenvalue weighted by Crippen LogP contribution is 2.38. The molecule has 3 rings (SSSR count). The van der Waals surface area contributed by atoms with Crippen molar-refractivity contribution in [3.05, 3.63) is 58.6 Å². The third-order valence-corrected chi connectivity index (χ3v) is 6.17. The summed E-state index contributed by atoms with van der Waals surface area (Å²) in [5.41, 5.74) is 1.56. The van der Waals surface area contributed by atoms with Crippen molar-refractivity contribution in [1.82, 2.24) is 4.90 Å². The van der Waals surface area contributed by atoms with E-state index in [-0.39, 0.29) is 16.8 Å². The van der Waals surface area contributed by atoms with Gasteiger partial charge in [0.1, 0.15) is 13.2 Å². The van der Waals surface area contributed by atoms with Gasteiger partial charge in [0.15, 0.2) is 21.3 Å². The molecule has 0 spiro atoms. The van der Waals surface area contributed by atoms with Crippen molar-refractivity contribution in [2.45, 2.75) is 17.9 Å². The Balaban J connectivity index is 1.72. The van der Waals surface area contributed by atoms with Crippen LogP contribution in [0.1, 0.15) is 24.1 Å². The van der Waals surface area contributed by atoms with E-state index in [1.165, 1.54) is 6.08 Å². The second kappa shape index (κ2) is 8.47. The maximum absolute atomic E-state index is 12.6. The minimum absolute atomic E-state index is 0.198. The number of fused-ring (bicyclic) bond motifs is 1. The molecule has 1 heterocycles. The molecule has 6 nitrogen and oxygen atoms in total. The number of rotatable bonds is 5. The van der Waals surface area contributed by atoms with Crippen molar-refractivity contribution < 1.29 is 22.7 Å². The summed E-state index contributed by atoms with van der Waals surface area (Å²) >= 11 is 6.22. The van der Waals surface area contributed by atoms with Gasteiger partial charge in [0.2, 0.25) is 5.91 Å². The van der Waals surface area contributed by atoms with E-state index in [9.17, 15) is 13.2 Å². The zero-order valence-corrected chi connectivity index (χ0v) is 18.0. The molecule has 2 aromatic carbocycles. The molecule has 0 radical (unpaired) electrons. The largest absolute Gasteiger partial charge is 0.486 e. The van der Waals surface area contributed by atoms with Crippen LogP contribution >= 0.6 is 11.6 Å². The standard InChI is InChI=1S/C21H22ClNO5S/c1-14(16-5-7-17(8-6-16)29(3,25)26)23(2)20(24)9-4-15-12-18(22)21-19(13-15)27-10-11-28-21/h4-9,12-14H,10-11H2,1-3H3/b9-4+/t14-/m0/s1. The Hall–Kier alpha value is -2.51. The summed E-state index contributed by atoms with van der Waals surface area (Å²) in [6, 6.07) is 9.79. The summed E-state index contributed by atoms with van der Waals surface area (Å²) in [7, 11) is -1.56. The van der Waals surface area contributed by atoms with E-state index in [1.807, 2.05) is 6.92 Å². The van der Waals surface area contributed by atoms with E-state index in [0.29, 0.717) is 29.7 Å². The average molecular weight is 436 g/mol. The molecule has 0 fully saturated rings. The minimum Gasteiger partial charge on any atom is -0.486 e. The average Bonchev–Trinajstić information content (AvgIpc) is 2.70. The second-order valence-electron chi connectivity index (χ2n) is 6.83. The lowest BCUT2D eigenvalue weighted by Gasteiger charge is -2.24. The van der Waals surface area contributed by atoms with Gasteiger partial charge in [-0.2, -0.15) is 0 Å². The Morgan fingerprint density at radius 3 is 2.48 bits per heavy atom. The molecule has 154 valence electrons. The number of sulfone groups is 1. The molecule has 29 heavy (non-hydrogen) atoms. The fourth-order valence-corrected chi connectivity index (χ4v) is 3.82. The fraction of sp³-hybridized carbons (Fsp3) is 0.286. The molecule has 1 aliphatic rings. The molecule has 0 N–H and O–H groups in total. The predicted octanol–water partition coefficient (Wildman–Crippen LogP) is 3.75. The van der Waals surface area contributed by atoms with Gasteiger partial charge in [-0.25, -0.2) is 8.42 Å². The molecule has 0 saturated heterocycles. The number of ether oxygens (including phenoxy) is 2. The van der Waals surface area contributed by atoms with Crippen LogP contribution in [0.5, 0.6) is 11.5 Å². The van der Waals surface area contributed by atoms with Gasteiger partial charge in [-0.1, -0.05) is 23.7 Å². The Morgan fingerprint density at radius 1 is 1.17 bits per heavy atom. The molecule has 0 saturated carbocycles. The minimum atomic E-state index is -3.25. The fourth-order valence-electron chi connectivity index (χ4n) is 2.92. The highest BCUT2D eigenvalue weighted by atomic mass is 35.5. The van der Waals surface area contributed by atoms with E-state index in [4.69, 9.17) is 21.1 Å². The van der Waals surface area contributed by atoms with Crippen molar-refractivity contribution in [1.29, 1.82) is 0 Å². The van der Waals surface area contributed by atoms with Crippen molar-refractivity contribution in [2.24, 2.45) is 0 Å². The Kier molecular flexibility index (Phi) is 6.19. The van der Waals surface area contributed by atoms with E-state index < -0.39 is 9.84 Å². The zero-order valence-electron chi connectivity index (χ0n) is 16.4. The number of carbonyl (C=O) groups excluding carboxylic acids is 1. The summed E-state index contributed by atoms with van der Waals surface area (Å²) in [6.07, 6.45) is 4.29. The topological polar surface area (TPSA) is 72.9 Å². The molecule has 0 aromatic heterocycles. The van der Waals surface area contributed by atoms with Crippen LogP contribution in [0.15, 0.2) is 47.4 Å². The first-order valence-electron chi connectivity index (χ1n) is 9.01. The second-order valence-corrected chi connectivity index (χ2v) is 9.25. The summed E-state index contributed by atoms with van der Waals surface area (Å²) in [5.74, 6) is 0.879. The lowest BCUT2D eigenvalue weighted by atomic mass is 10.1. The van der Waals surface area contributed by atoms with Gasteiger partial charge in [0.25, 0.3) is 0 Å². The van der Waals surface area contributed by atoms with Gasteiger partial charge in [0, 0.05) is 19.4 Å². The number of hydrogen-bond acceptors (Lipinski definition) is 5. The number of benzene rings is 2. The molecule has 0 unspecified atom stereocenters. The highest BCUT2D eigenvalue weighted by molar-refractivity contribution is 7.90. The van der Waals surface area contributed by atoms with Crippen LogP contribution in [0.3, 0.4) is 0 Å². The highest BCUT2D eigenvalue weighted by Gasteiger charge is 2.18. The van der Waals surface area contributed by atoms with Crippen molar-refractivity contribution >= 4 is 33.4 Å². The quantitative estimate of drug-likeness (QED) is 0.669. The lowest BCUT2D eigenvalue weighted by Crippen LogP contribution is -2.28. The van der Waals surface area contributed by atoms with Crippen LogP contribution in [0.2, 0.25) is 5.02 Å². The van der Waals surface area contributed by atoms with Crippen molar-refractivity contribution in [2.75, 3.05) is 26.5 Å². The maximum Gasteiger partial charge on any atom is 0.246 e. The number of likely N-dealkylation sites (N-methyl/N-ethyl adjacent to an activating group) is 1. The summed E-state index contributed by atoms with van der Waals surface area (Å²) < 4.78 is 34.2. The van der Waals surface area contributed by atoms with E-state index in [0.717, 1.165) is 17.4 Å². The summed E-state index contributed by atoms with van der Waals surface area (Å²) in [4.78, 5) is 14.4. The van der Waals surface area contributed by atoms with Crippen LogP contribution in [0, 0.1) is 0 Å². The van der Waals surface area contributed by atoms with Gasteiger partial charge in [0.05, 0.1) is 16.0 Å². The third-order valence-electron chi connectivity index (χ3n) is 4.76. The molecule has 1 atom stereocenters. The third kappa shape index (κ3) is 4.92. The van der Waals surface area contributed by atoms with Gasteiger partial charge in [-0.15, -0.1) is 0 Å². The first-order valence-corrected chi connectivity index (χ1v) is 11.3. The maximum atomic E-state index is 12.6. The Morgan fingerprint density at radius 2 is 1.83 bits per heavy atom. The molecule has 8 heteroatoms. The van der Waals surface area contributed by atoms with Crippen LogP contribution in [-0.2, 0) is 14.6 Å². The van der Waals surface area contributed by atoms with Crippen LogP contribution in [0.25, 0.3) is 6.08 Å². The van der Waals surface area contributed by atoms with Crippen LogP contribution < -0.4 is 9.47 Å². The van der Waals surface area contributed by atoms with Gasteiger partial charge in [-0.05, 0) is 48.4 Å². The first kappa shape index (κ1) is 21.2. The number of hydrogen-bond donors (Lipinski definition) is 0. The molecular weight excluding hydrogens is 414 g/mol. The smallest absolute Gasteiger partial charge is 0.246 e. The number of amides is 1. The summed E-state index contributed by atoms with van der Waals surface area (Å²) in [5, 5.41) is 0.432. The normalized spacial score (nSPS) is 14.6. The summed E-state index contributed by atoms with van der Waals surface area (Å²) in [6.45, 7) is 2.78. The molecule has 0 aliphatic carbocycles. The van der Waals surface area contributed by atoms with E-state index in [1.54, 1.807) is 54.4 Å². The SMILES string of the molecule is C[C@@H](c1ccc(S(C)(=O)=O)cc1)N(C)C(=O)/C=C/c1cc(Cl)c2c(c1)OCCO2. The van der Waals surface area contributed by atoms with Gasteiger partial charge >= 0.3 is 0 Å². The van der Waals surface area contributed by atoms with Crippen molar-refractivity contribution in [3.8, 4) is 11.5 Å². The Bertz CT molecular complexity index is 1050. The molecule has 1 amide bonds. The van der Waals surface area contributed by atoms with Crippen LogP contribution in [-0.4, -0.2) is 45.7 Å². The zero-order chi connectivity index (χ0) is 21.2. The molecular formula is C21H22ClNO5S. The lowest BCUT2D eigenvalue weighted by molar-refractivity contribution is -0.126. The van der Waals surface area contributed by atoms with Gasteiger partial charge < -0.3 is 14.4 Å². The molecule has 2 aromatic rings. The monoisotopic (exact) mass is 435 g/mol. The van der Waals surface area contributed by atoms with E-state index in [2.05, 4.69) is 0 Å². The van der Waals surface area contributed by atoms with Crippen molar-refractivity contribution in [3.63, 3.8) is 0 Å². The number of halogens is 1. The van der Waals surface area contributed by atoms with E-state index >= 15 is 0 Å². The molecule has 0 bridgehead atoms. The van der Waals surface area contributed by atoms with Crippen LogP contribution in [0.4, 0.5) is 0 Å². The Labute approximate surface area is 175 Å². The van der Waals surface area contributed by atoms with Gasteiger partial charge in [-0.3, -0.25) is 4.79 Å². The first-order chi connectivity index (χ1) is 13.7.